The maximum atomic E-state index is 11.1. The van der Waals surface area contributed by atoms with Gasteiger partial charge in [0.15, 0.2) is 6.10 Å². The molecule has 1 aromatic rings. The van der Waals surface area contributed by atoms with Crippen LogP contribution in [0.25, 0.3) is 0 Å². The zero-order valence-corrected chi connectivity index (χ0v) is 11.5. The molecule has 2 unspecified atom stereocenters. The minimum absolute atomic E-state index is 0.403. The third-order valence-electron chi connectivity index (χ3n) is 2.04. The molecule has 2 N–H and O–H groups in total. The van der Waals surface area contributed by atoms with Crippen molar-refractivity contribution in [3.05, 3.63) is 32.7 Å². The van der Waals surface area contributed by atoms with E-state index in [9.17, 15) is 15.0 Å². The average molecular weight is 354 g/mol. The van der Waals surface area contributed by atoms with Gasteiger partial charge in [-0.1, -0.05) is 37.9 Å². The van der Waals surface area contributed by atoms with Crippen molar-refractivity contribution in [2.24, 2.45) is 0 Å². The standard InChI is InChI=1S/C10H10Br2O4/c1-16-10(15)9(14)8(13)7-5(11)3-2-4-6(7)12/h2-4,8-9,13-14H,1H3. The fourth-order valence-corrected chi connectivity index (χ4v) is 2.67. The fourth-order valence-electron chi connectivity index (χ4n) is 1.20. The number of esters is 1. The molecule has 1 aromatic carbocycles. The Labute approximate surface area is 109 Å². The molecular weight excluding hydrogens is 344 g/mol. The van der Waals surface area contributed by atoms with Gasteiger partial charge in [-0.3, -0.25) is 0 Å². The number of hydrogen-bond acceptors (Lipinski definition) is 4. The number of carbonyl (C=O) groups excluding carboxylic acids is 1. The molecule has 0 heterocycles. The highest BCUT2D eigenvalue weighted by molar-refractivity contribution is 9.11. The molecule has 0 spiro atoms. The number of benzene rings is 1. The minimum atomic E-state index is -1.61. The van der Waals surface area contributed by atoms with Crippen LogP contribution in [0.3, 0.4) is 0 Å². The van der Waals surface area contributed by atoms with Gasteiger partial charge in [0, 0.05) is 14.5 Å². The molecule has 0 saturated heterocycles. The van der Waals surface area contributed by atoms with Gasteiger partial charge in [-0.15, -0.1) is 0 Å². The number of methoxy groups -OCH3 is 1. The Bertz CT molecular complexity index is 374. The summed E-state index contributed by atoms with van der Waals surface area (Å²) in [5.74, 6) is -0.879. The van der Waals surface area contributed by atoms with Crippen LogP contribution in [-0.2, 0) is 9.53 Å². The summed E-state index contributed by atoms with van der Waals surface area (Å²) in [6, 6.07) is 5.16. The molecule has 88 valence electrons. The van der Waals surface area contributed by atoms with Crippen LogP contribution in [0.15, 0.2) is 27.1 Å². The second-order valence-corrected chi connectivity index (χ2v) is 4.76. The van der Waals surface area contributed by atoms with E-state index in [0.29, 0.717) is 14.5 Å². The minimum Gasteiger partial charge on any atom is -0.467 e. The van der Waals surface area contributed by atoms with Gasteiger partial charge in [-0.25, -0.2) is 4.79 Å². The first kappa shape index (κ1) is 13.6. The van der Waals surface area contributed by atoms with Crippen molar-refractivity contribution in [1.82, 2.24) is 0 Å². The van der Waals surface area contributed by atoms with Crippen molar-refractivity contribution < 1.29 is 19.7 Å². The summed E-state index contributed by atoms with van der Waals surface area (Å²) in [4.78, 5) is 11.1. The first-order chi connectivity index (χ1) is 7.49. The number of hydrogen-bond donors (Lipinski definition) is 2. The van der Waals surface area contributed by atoms with E-state index in [1.54, 1.807) is 18.2 Å². The Balaban J connectivity index is 3.04. The maximum absolute atomic E-state index is 11.1. The summed E-state index contributed by atoms with van der Waals surface area (Å²) in [6.45, 7) is 0. The molecule has 6 heteroatoms. The van der Waals surface area contributed by atoms with Crippen molar-refractivity contribution in [2.45, 2.75) is 12.2 Å². The lowest BCUT2D eigenvalue weighted by molar-refractivity contribution is -0.156. The quantitative estimate of drug-likeness (QED) is 0.813. The Hall–Kier alpha value is -0.430. The lowest BCUT2D eigenvalue weighted by Gasteiger charge is -2.18. The summed E-state index contributed by atoms with van der Waals surface area (Å²) >= 11 is 6.47. The Morgan fingerprint density at radius 2 is 1.81 bits per heavy atom. The largest absolute Gasteiger partial charge is 0.467 e. The molecule has 1 rings (SSSR count). The van der Waals surface area contributed by atoms with Crippen LogP contribution in [0.2, 0.25) is 0 Å². The number of aliphatic hydroxyl groups is 2. The zero-order chi connectivity index (χ0) is 12.3. The molecule has 0 bridgehead atoms. The van der Waals surface area contributed by atoms with Crippen molar-refractivity contribution in [1.29, 1.82) is 0 Å². The van der Waals surface area contributed by atoms with E-state index in [4.69, 9.17) is 0 Å². The van der Waals surface area contributed by atoms with Crippen LogP contribution in [0.1, 0.15) is 11.7 Å². The normalized spacial score (nSPS) is 14.3. The Morgan fingerprint density at radius 1 is 1.31 bits per heavy atom. The molecule has 0 aromatic heterocycles. The molecule has 2 atom stereocenters. The highest BCUT2D eigenvalue weighted by Gasteiger charge is 2.29. The van der Waals surface area contributed by atoms with Crippen molar-refractivity contribution in [2.75, 3.05) is 7.11 Å². The second kappa shape index (κ2) is 5.77. The first-order valence-corrected chi connectivity index (χ1v) is 5.95. The number of carbonyl (C=O) groups is 1. The summed E-state index contributed by atoms with van der Waals surface area (Å²) in [6.07, 6.45) is -2.96. The molecule has 4 nitrogen and oxygen atoms in total. The zero-order valence-electron chi connectivity index (χ0n) is 8.35. The van der Waals surface area contributed by atoms with Gasteiger partial charge in [0.05, 0.1) is 7.11 Å². The van der Waals surface area contributed by atoms with Crippen LogP contribution >= 0.6 is 31.9 Å². The monoisotopic (exact) mass is 352 g/mol. The van der Waals surface area contributed by atoms with Crippen LogP contribution in [-0.4, -0.2) is 29.4 Å². The van der Waals surface area contributed by atoms with E-state index in [2.05, 4.69) is 36.6 Å². The maximum Gasteiger partial charge on any atom is 0.337 e. The topological polar surface area (TPSA) is 66.8 Å². The molecule has 0 radical (unpaired) electrons. The SMILES string of the molecule is COC(=O)C(O)C(O)c1c(Br)cccc1Br. The van der Waals surface area contributed by atoms with E-state index in [1.165, 1.54) is 0 Å². The molecule has 0 amide bonds. The third kappa shape index (κ3) is 2.82. The molecular formula is C10H10Br2O4. The lowest BCUT2D eigenvalue weighted by atomic mass is 10.0. The first-order valence-electron chi connectivity index (χ1n) is 4.37. The average Bonchev–Trinajstić information content (AvgIpc) is 2.26. The molecule has 0 saturated carbocycles. The van der Waals surface area contributed by atoms with Crippen molar-refractivity contribution >= 4 is 37.8 Å². The Kier molecular flexibility index (Phi) is 4.91. The third-order valence-corrected chi connectivity index (χ3v) is 3.42. The molecule has 16 heavy (non-hydrogen) atoms. The van der Waals surface area contributed by atoms with Crippen LogP contribution < -0.4 is 0 Å². The number of halogens is 2. The second-order valence-electron chi connectivity index (χ2n) is 3.05. The summed E-state index contributed by atoms with van der Waals surface area (Å²) in [5.41, 5.74) is 0.403. The molecule has 0 aliphatic heterocycles. The molecule has 0 aliphatic rings. The number of ether oxygens (including phenoxy) is 1. The van der Waals surface area contributed by atoms with Crippen molar-refractivity contribution in [3.63, 3.8) is 0 Å². The van der Waals surface area contributed by atoms with Gasteiger partial charge in [-0.05, 0) is 12.1 Å². The van der Waals surface area contributed by atoms with Gasteiger partial charge in [0.2, 0.25) is 0 Å². The predicted molar refractivity (Wildman–Crippen MR) is 64.8 cm³/mol. The highest BCUT2D eigenvalue weighted by Crippen LogP contribution is 2.32. The van der Waals surface area contributed by atoms with Gasteiger partial charge in [0.1, 0.15) is 6.10 Å². The lowest BCUT2D eigenvalue weighted by Crippen LogP contribution is -2.29. The van der Waals surface area contributed by atoms with Gasteiger partial charge in [-0.2, -0.15) is 0 Å². The van der Waals surface area contributed by atoms with E-state index in [0.717, 1.165) is 7.11 Å². The van der Waals surface area contributed by atoms with Gasteiger partial charge in [0.25, 0.3) is 0 Å². The number of rotatable bonds is 3. The van der Waals surface area contributed by atoms with E-state index in [1.807, 2.05) is 0 Å². The summed E-state index contributed by atoms with van der Waals surface area (Å²) < 4.78 is 5.54. The number of aliphatic hydroxyl groups excluding tert-OH is 2. The van der Waals surface area contributed by atoms with E-state index < -0.39 is 18.2 Å². The Morgan fingerprint density at radius 3 is 2.25 bits per heavy atom. The molecule has 0 aliphatic carbocycles. The smallest absolute Gasteiger partial charge is 0.337 e. The highest BCUT2D eigenvalue weighted by atomic mass is 79.9. The fraction of sp³-hybridized carbons (Fsp3) is 0.300. The summed E-state index contributed by atoms with van der Waals surface area (Å²) in [7, 11) is 1.15. The van der Waals surface area contributed by atoms with Crippen LogP contribution in [0.5, 0.6) is 0 Å². The van der Waals surface area contributed by atoms with Crippen LogP contribution in [0.4, 0.5) is 0 Å². The van der Waals surface area contributed by atoms with Gasteiger partial charge < -0.3 is 14.9 Å². The van der Waals surface area contributed by atoms with E-state index >= 15 is 0 Å². The van der Waals surface area contributed by atoms with Crippen LogP contribution in [0, 0.1) is 0 Å². The molecule has 0 fully saturated rings. The van der Waals surface area contributed by atoms with Crippen molar-refractivity contribution in [3.8, 4) is 0 Å². The van der Waals surface area contributed by atoms with E-state index in [-0.39, 0.29) is 0 Å². The summed E-state index contributed by atoms with van der Waals surface area (Å²) in [5, 5.41) is 19.4. The predicted octanol–water partition coefficient (Wildman–Crippen LogP) is 1.78. The van der Waals surface area contributed by atoms with Gasteiger partial charge >= 0.3 is 5.97 Å².